The third kappa shape index (κ3) is 3.22. The van der Waals surface area contributed by atoms with Crippen molar-refractivity contribution in [3.8, 4) is 5.75 Å². The van der Waals surface area contributed by atoms with E-state index in [0.29, 0.717) is 31.9 Å². The number of benzene rings is 2. The Bertz CT molecular complexity index is 801. The van der Waals surface area contributed by atoms with Crippen LogP contribution in [0.1, 0.15) is 0 Å². The number of halogens is 1. The van der Waals surface area contributed by atoms with Gasteiger partial charge in [0.25, 0.3) is 0 Å². The predicted octanol–water partition coefficient (Wildman–Crippen LogP) is 2.35. The standard InChI is InChI=1S/C17H19FN2O3S/c1-23-16-4-2-3-5-17(16)24(21,22)20-12-10-19(11-13-20)15-8-6-14(18)7-9-15/h2-9H,10-13H2,1H3. The average Bonchev–Trinajstić information content (AvgIpc) is 2.62. The quantitative estimate of drug-likeness (QED) is 0.849. The third-order valence-corrected chi connectivity index (χ3v) is 6.06. The first-order valence-electron chi connectivity index (χ1n) is 7.66. The Morgan fingerprint density at radius 3 is 2.21 bits per heavy atom. The summed E-state index contributed by atoms with van der Waals surface area (Å²) < 4.78 is 45.3. The predicted molar refractivity (Wildman–Crippen MR) is 90.4 cm³/mol. The number of piperazine rings is 1. The van der Waals surface area contributed by atoms with E-state index >= 15 is 0 Å². The lowest BCUT2D eigenvalue weighted by Crippen LogP contribution is -2.48. The topological polar surface area (TPSA) is 49.9 Å². The summed E-state index contributed by atoms with van der Waals surface area (Å²) in [5.74, 6) is 0.0644. The Morgan fingerprint density at radius 1 is 0.958 bits per heavy atom. The normalized spacial score (nSPS) is 16.2. The summed E-state index contributed by atoms with van der Waals surface area (Å²) in [5, 5.41) is 0. The number of rotatable bonds is 4. The van der Waals surface area contributed by atoms with Crippen molar-refractivity contribution in [1.82, 2.24) is 4.31 Å². The van der Waals surface area contributed by atoms with E-state index in [1.807, 2.05) is 4.90 Å². The van der Waals surface area contributed by atoms with Gasteiger partial charge in [-0.25, -0.2) is 12.8 Å². The SMILES string of the molecule is COc1ccccc1S(=O)(=O)N1CCN(c2ccc(F)cc2)CC1. The van der Waals surface area contributed by atoms with Crippen LogP contribution in [0.2, 0.25) is 0 Å². The zero-order valence-corrected chi connectivity index (χ0v) is 14.2. The Kier molecular flexibility index (Phi) is 4.73. The number of sulfonamides is 1. The molecule has 5 nitrogen and oxygen atoms in total. The van der Waals surface area contributed by atoms with Crippen LogP contribution in [0.3, 0.4) is 0 Å². The first kappa shape index (κ1) is 16.7. The zero-order chi connectivity index (χ0) is 17.2. The summed E-state index contributed by atoms with van der Waals surface area (Å²) in [4.78, 5) is 2.23. The van der Waals surface area contributed by atoms with Crippen LogP contribution in [0.4, 0.5) is 10.1 Å². The molecule has 3 rings (SSSR count). The molecule has 1 fully saturated rings. The molecule has 0 bridgehead atoms. The number of hydrogen-bond acceptors (Lipinski definition) is 4. The number of para-hydroxylation sites is 1. The van der Waals surface area contributed by atoms with E-state index < -0.39 is 10.0 Å². The smallest absolute Gasteiger partial charge is 0.246 e. The number of nitrogens with zero attached hydrogens (tertiary/aromatic N) is 2. The Hall–Kier alpha value is -2.12. The van der Waals surface area contributed by atoms with Crippen LogP contribution in [0, 0.1) is 5.82 Å². The molecule has 0 spiro atoms. The van der Waals surface area contributed by atoms with Gasteiger partial charge in [-0.2, -0.15) is 4.31 Å². The highest BCUT2D eigenvalue weighted by atomic mass is 32.2. The molecule has 7 heteroatoms. The average molecular weight is 350 g/mol. The molecule has 0 aromatic heterocycles. The Morgan fingerprint density at radius 2 is 1.58 bits per heavy atom. The largest absolute Gasteiger partial charge is 0.495 e. The van der Waals surface area contributed by atoms with Crippen LogP contribution in [-0.4, -0.2) is 46.0 Å². The van der Waals surface area contributed by atoms with Gasteiger partial charge in [-0.15, -0.1) is 0 Å². The molecule has 24 heavy (non-hydrogen) atoms. The lowest BCUT2D eigenvalue weighted by atomic mass is 10.2. The van der Waals surface area contributed by atoms with Gasteiger partial charge in [-0.3, -0.25) is 0 Å². The second-order valence-corrected chi connectivity index (χ2v) is 7.42. The van der Waals surface area contributed by atoms with Crippen molar-refractivity contribution in [1.29, 1.82) is 0 Å². The molecular weight excluding hydrogens is 331 g/mol. The van der Waals surface area contributed by atoms with Gasteiger partial charge in [0.05, 0.1) is 7.11 Å². The minimum atomic E-state index is -3.60. The number of anilines is 1. The maximum atomic E-state index is 13.0. The number of ether oxygens (including phenoxy) is 1. The fourth-order valence-corrected chi connectivity index (χ4v) is 4.39. The summed E-state index contributed by atoms with van der Waals surface area (Å²) in [6.45, 7) is 1.86. The molecule has 1 aliphatic heterocycles. The van der Waals surface area contributed by atoms with Gasteiger partial charge < -0.3 is 9.64 Å². The molecule has 0 unspecified atom stereocenters. The van der Waals surface area contributed by atoms with E-state index in [0.717, 1.165) is 5.69 Å². The molecule has 0 atom stereocenters. The van der Waals surface area contributed by atoms with Crippen molar-refractivity contribution in [3.05, 3.63) is 54.3 Å². The van der Waals surface area contributed by atoms with Gasteiger partial charge in [-0.05, 0) is 36.4 Å². The number of methoxy groups -OCH3 is 1. The second kappa shape index (κ2) is 6.78. The van der Waals surface area contributed by atoms with E-state index in [1.165, 1.54) is 23.5 Å². The van der Waals surface area contributed by atoms with Crippen molar-refractivity contribution >= 4 is 15.7 Å². The summed E-state index contributed by atoms with van der Waals surface area (Å²) in [5.41, 5.74) is 0.894. The van der Waals surface area contributed by atoms with Gasteiger partial charge in [0.15, 0.2) is 0 Å². The van der Waals surface area contributed by atoms with Crippen LogP contribution in [0.5, 0.6) is 5.75 Å². The molecular formula is C17H19FN2O3S. The first-order valence-corrected chi connectivity index (χ1v) is 9.10. The molecule has 0 amide bonds. The molecule has 0 aliphatic carbocycles. The van der Waals surface area contributed by atoms with Crippen molar-refractivity contribution < 1.29 is 17.5 Å². The molecule has 2 aromatic carbocycles. The molecule has 128 valence electrons. The van der Waals surface area contributed by atoms with Gasteiger partial charge in [0, 0.05) is 31.9 Å². The molecule has 1 saturated heterocycles. The van der Waals surface area contributed by atoms with Crippen LogP contribution < -0.4 is 9.64 Å². The highest BCUT2D eigenvalue weighted by Crippen LogP contribution is 2.27. The highest BCUT2D eigenvalue weighted by Gasteiger charge is 2.30. The van der Waals surface area contributed by atoms with Crippen LogP contribution >= 0.6 is 0 Å². The number of hydrogen-bond donors (Lipinski definition) is 0. The lowest BCUT2D eigenvalue weighted by Gasteiger charge is -2.35. The second-order valence-electron chi connectivity index (χ2n) is 5.52. The molecule has 0 radical (unpaired) electrons. The summed E-state index contributed by atoms with van der Waals surface area (Å²) >= 11 is 0. The van der Waals surface area contributed by atoms with Crippen molar-refractivity contribution in [3.63, 3.8) is 0 Å². The monoisotopic (exact) mass is 350 g/mol. The van der Waals surface area contributed by atoms with Gasteiger partial charge in [0.1, 0.15) is 16.5 Å². The summed E-state index contributed by atoms with van der Waals surface area (Å²) in [6.07, 6.45) is 0. The maximum absolute atomic E-state index is 13.0. The Labute approximate surface area is 141 Å². The van der Waals surface area contributed by atoms with E-state index in [-0.39, 0.29) is 10.7 Å². The van der Waals surface area contributed by atoms with Gasteiger partial charge in [0.2, 0.25) is 10.0 Å². The van der Waals surface area contributed by atoms with Crippen LogP contribution in [0.15, 0.2) is 53.4 Å². The maximum Gasteiger partial charge on any atom is 0.246 e. The van der Waals surface area contributed by atoms with E-state index in [2.05, 4.69) is 0 Å². The van der Waals surface area contributed by atoms with Crippen molar-refractivity contribution in [2.75, 3.05) is 38.2 Å². The molecule has 1 heterocycles. The van der Waals surface area contributed by atoms with E-state index in [1.54, 1.807) is 36.4 Å². The van der Waals surface area contributed by atoms with Crippen molar-refractivity contribution in [2.24, 2.45) is 0 Å². The van der Waals surface area contributed by atoms with Gasteiger partial charge in [-0.1, -0.05) is 12.1 Å². The van der Waals surface area contributed by atoms with Crippen molar-refractivity contribution in [2.45, 2.75) is 4.90 Å². The van der Waals surface area contributed by atoms with E-state index in [4.69, 9.17) is 4.74 Å². The molecule has 2 aromatic rings. The van der Waals surface area contributed by atoms with E-state index in [9.17, 15) is 12.8 Å². The zero-order valence-electron chi connectivity index (χ0n) is 13.4. The summed E-state index contributed by atoms with van der Waals surface area (Å²) in [6, 6.07) is 12.9. The molecule has 1 aliphatic rings. The third-order valence-electron chi connectivity index (χ3n) is 4.12. The fourth-order valence-electron chi connectivity index (χ4n) is 2.81. The molecule has 0 N–H and O–H groups in total. The lowest BCUT2D eigenvalue weighted by molar-refractivity contribution is 0.374. The van der Waals surface area contributed by atoms with Crippen LogP contribution in [-0.2, 0) is 10.0 Å². The Balaban J connectivity index is 1.75. The van der Waals surface area contributed by atoms with Gasteiger partial charge >= 0.3 is 0 Å². The summed E-state index contributed by atoms with van der Waals surface area (Å²) in [7, 11) is -2.14. The molecule has 0 saturated carbocycles. The minimum absolute atomic E-state index is 0.183. The minimum Gasteiger partial charge on any atom is -0.495 e. The fraction of sp³-hybridized carbons (Fsp3) is 0.294. The van der Waals surface area contributed by atoms with Crippen LogP contribution in [0.25, 0.3) is 0 Å². The highest BCUT2D eigenvalue weighted by molar-refractivity contribution is 7.89. The first-order chi connectivity index (χ1) is 11.5.